The Morgan fingerprint density at radius 3 is 2.71 bits per heavy atom. The molecule has 0 spiro atoms. The Labute approximate surface area is 244 Å². The van der Waals surface area contributed by atoms with E-state index >= 15 is 0 Å². The van der Waals surface area contributed by atoms with Crippen LogP contribution in [0.1, 0.15) is 37.1 Å². The van der Waals surface area contributed by atoms with E-state index in [1.807, 2.05) is 35.9 Å². The van der Waals surface area contributed by atoms with Crippen molar-refractivity contribution in [2.24, 2.45) is 0 Å². The molecule has 3 aliphatic rings. The number of carbonyl (C=O) groups excluding carboxylic acids is 4. The van der Waals surface area contributed by atoms with Crippen LogP contribution in [0, 0.1) is 0 Å². The normalized spacial score (nSPS) is 21.0. The molecule has 13 nitrogen and oxygen atoms in total. The van der Waals surface area contributed by atoms with Gasteiger partial charge in [0.2, 0.25) is 17.7 Å². The summed E-state index contributed by atoms with van der Waals surface area (Å²) in [7, 11) is 1.57. The number of rotatable bonds is 7. The van der Waals surface area contributed by atoms with Gasteiger partial charge in [0.25, 0.3) is 0 Å². The summed E-state index contributed by atoms with van der Waals surface area (Å²) in [5.41, 5.74) is 0.895. The molecule has 0 unspecified atom stereocenters. The van der Waals surface area contributed by atoms with E-state index in [2.05, 4.69) is 10.3 Å². The van der Waals surface area contributed by atoms with Crippen LogP contribution in [-0.4, -0.2) is 114 Å². The van der Waals surface area contributed by atoms with Crippen LogP contribution >= 0.6 is 0 Å². The van der Waals surface area contributed by atoms with Crippen molar-refractivity contribution in [1.82, 2.24) is 29.6 Å². The molecule has 13 heteroatoms. The van der Waals surface area contributed by atoms with Crippen LogP contribution in [0.2, 0.25) is 0 Å². The van der Waals surface area contributed by atoms with Gasteiger partial charge in [0, 0.05) is 57.3 Å². The quantitative estimate of drug-likeness (QED) is 0.511. The van der Waals surface area contributed by atoms with E-state index in [0.29, 0.717) is 50.7 Å². The molecule has 2 bridgehead atoms. The van der Waals surface area contributed by atoms with Crippen molar-refractivity contribution in [3.8, 4) is 11.5 Å². The number of imidazole rings is 1. The number of aromatic nitrogens is 2. The molecule has 2 atom stereocenters. The lowest BCUT2D eigenvalue weighted by Gasteiger charge is -2.25. The van der Waals surface area contributed by atoms with Crippen LogP contribution in [-0.2, 0) is 32.1 Å². The first-order valence-corrected chi connectivity index (χ1v) is 14.4. The molecule has 4 heterocycles. The molecule has 0 radical (unpaired) electrons. The highest BCUT2D eigenvalue weighted by Gasteiger charge is 2.39. The number of ether oxygens (including phenoxy) is 3. The summed E-state index contributed by atoms with van der Waals surface area (Å²) in [6.07, 6.45) is 4.61. The van der Waals surface area contributed by atoms with E-state index in [9.17, 15) is 19.2 Å². The first-order valence-electron chi connectivity index (χ1n) is 14.4. The first-order chi connectivity index (χ1) is 20.4. The van der Waals surface area contributed by atoms with Crippen molar-refractivity contribution in [1.29, 1.82) is 0 Å². The van der Waals surface area contributed by atoms with Crippen molar-refractivity contribution in [2.75, 3.05) is 59.6 Å². The van der Waals surface area contributed by atoms with Gasteiger partial charge >= 0.3 is 6.09 Å². The minimum atomic E-state index is -0.501. The average molecular weight is 583 g/mol. The van der Waals surface area contributed by atoms with Crippen molar-refractivity contribution >= 4 is 23.8 Å². The number of aryl methyl sites for hydroxylation is 2. The minimum absolute atomic E-state index is 0.0812. The number of fused-ring (bicyclic) bond motifs is 4. The third-order valence-corrected chi connectivity index (χ3v) is 8.01. The Bertz CT molecular complexity index is 1310. The fourth-order valence-electron chi connectivity index (χ4n) is 5.75. The van der Waals surface area contributed by atoms with Crippen LogP contribution < -0.4 is 14.8 Å². The largest absolute Gasteiger partial charge is 0.493 e. The number of hydrogen-bond donors (Lipinski definition) is 1. The highest BCUT2D eigenvalue weighted by molar-refractivity contribution is 5.86. The Kier molecular flexibility index (Phi) is 9.13. The fraction of sp³-hybridized carbons (Fsp3) is 0.552. The molecule has 42 heavy (non-hydrogen) atoms. The van der Waals surface area contributed by atoms with Gasteiger partial charge in [0.1, 0.15) is 19.0 Å². The summed E-state index contributed by atoms with van der Waals surface area (Å²) in [5.74, 6) is 1.18. The highest BCUT2D eigenvalue weighted by Crippen LogP contribution is 2.35. The Morgan fingerprint density at radius 2 is 1.95 bits per heavy atom. The number of methoxy groups -OCH3 is 1. The summed E-state index contributed by atoms with van der Waals surface area (Å²) < 4.78 is 18.5. The third kappa shape index (κ3) is 6.60. The average Bonchev–Trinajstić information content (AvgIpc) is 3.73. The van der Waals surface area contributed by atoms with Gasteiger partial charge in [-0.25, -0.2) is 9.78 Å². The summed E-state index contributed by atoms with van der Waals surface area (Å²) >= 11 is 0. The van der Waals surface area contributed by atoms with Gasteiger partial charge < -0.3 is 33.9 Å². The van der Waals surface area contributed by atoms with E-state index in [4.69, 9.17) is 14.2 Å². The molecule has 0 saturated carbocycles. The second-order valence-corrected chi connectivity index (χ2v) is 10.7. The van der Waals surface area contributed by atoms with E-state index in [1.54, 1.807) is 23.1 Å². The monoisotopic (exact) mass is 582 g/mol. The third-order valence-electron chi connectivity index (χ3n) is 8.01. The standard InChI is InChI=1S/C29H38N6O7/c1-3-25-30-8-11-32(25)10-7-27(37)33-9-4-13-41-24-15-20(5-6-23(24)40-2)21-16-35(17-22(21)31-26(36)18-33)28(38)19-34-12-14-42-29(34)39/h5-6,8,11,15,21-22H,3-4,7,9-10,12-14,16-19H2,1-2H3,(H,31,36)/t21-,22+/m1/s1. The maximum atomic E-state index is 13.4. The molecule has 226 valence electrons. The summed E-state index contributed by atoms with van der Waals surface area (Å²) in [5, 5.41) is 3.10. The van der Waals surface area contributed by atoms with E-state index in [0.717, 1.165) is 17.8 Å². The maximum Gasteiger partial charge on any atom is 0.410 e. The summed E-state index contributed by atoms with van der Waals surface area (Å²) in [4.78, 5) is 60.7. The number of amides is 4. The van der Waals surface area contributed by atoms with E-state index in [1.165, 1.54) is 4.90 Å². The van der Waals surface area contributed by atoms with Gasteiger partial charge in [0.15, 0.2) is 11.5 Å². The second kappa shape index (κ2) is 13.1. The van der Waals surface area contributed by atoms with Gasteiger partial charge in [-0.2, -0.15) is 0 Å². The lowest BCUT2D eigenvalue weighted by Crippen LogP contribution is -2.47. The summed E-state index contributed by atoms with van der Waals surface area (Å²) in [6.45, 7) is 4.25. The van der Waals surface area contributed by atoms with Crippen molar-refractivity contribution in [3.63, 3.8) is 0 Å². The molecule has 2 fully saturated rings. The zero-order valence-corrected chi connectivity index (χ0v) is 24.1. The predicted molar refractivity (Wildman–Crippen MR) is 150 cm³/mol. The van der Waals surface area contributed by atoms with Crippen LogP contribution in [0.15, 0.2) is 30.6 Å². The number of nitrogens with zero attached hydrogens (tertiary/aromatic N) is 5. The lowest BCUT2D eigenvalue weighted by molar-refractivity contribution is -0.136. The lowest BCUT2D eigenvalue weighted by atomic mass is 9.94. The molecular weight excluding hydrogens is 544 g/mol. The maximum absolute atomic E-state index is 13.4. The molecule has 1 aromatic carbocycles. The smallest absolute Gasteiger partial charge is 0.410 e. The van der Waals surface area contributed by atoms with Crippen molar-refractivity contribution in [3.05, 3.63) is 42.0 Å². The molecular formula is C29H38N6O7. The molecule has 5 rings (SSSR count). The molecule has 4 amide bonds. The van der Waals surface area contributed by atoms with Crippen molar-refractivity contribution in [2.45, 2.75) is 44.7 Å². The number of likely N-dealkylation sites (tertiary alicyclic amines) is 1. The van der Waals surface area contributed by atoms with Gasteiger partial charge in [-0.05, 0) is 24.1 Å². The number of hydrogen-bond acceptors (Lipinski definition) is 8. The molecule has 1 aromatic heterocycles. The molecule has 2 saturated heterocycles. The van der Waals surface area contributed by atoms with Gasteiger partial charge in [-0.15, -0.1) is 0 Å². The van der Waals surface area contributed by atoms with Gasteiger partial charge in [-0.1, -0.05) is 13.0 Å². The highest BCUT2D eigenvalue weighted by atomic mass is 16.6. The van der Waals surface area contributed by atoms with Crippen LogP contribution in [0.3, 0.4) is 0 Å². The van der Waals surface area contributed by atoms with Crippen LogP contribution in [0.25, 0.3) is 0 Å². The number of cyclic esters (lactones) is 1. The number of benzene rings is 1. The molecule has 2 aromatic rings. The predicted octanol–water partition coefficient (Wildman–Crippen LogP) is 1.02. The van der Waals surface area contributed by atoms with Gasteiger partial charge in [0.05, 0.1) is 32.8 Å². The Balaban J connectivity index is 1.33. The first kappa shape index (κ1) is 29.2. The zero-order valence-electron chi connectivity index (χ0n) is 24.1. The van der Waals surface area contributed by atoms with Crippen LogP contribution in [0.4, 0.5) is 4.79 Å². The Morgan fingerprint density at radius 1 is 1.10 bits per heavy atom. The second-order valence-electron chi connectivity index (χ2n) is 10.7. The van der Waals surface area contributed by atoms with E-state index < -0.39 is 12.1 Å². The molecule has 0 aliphatic carbocycles. The van der Waals surface area contributed by atoms with Gasteiger partial charge in [-0.3, -0.25) is 19.3 Å². The van der Waals surface area contributed by atoms with E-state index in [-0.39, 0.29) is 56.3 Å². The minimum Gasteiger partial charge on any atom is -0.493 e. The van der Waals surface area contributed by atoms with Crippen LogP contribution in [0.5, 0.6) is 11.5 Å². The summed E-state index contributed by atoms with van der Waals surface area (Å²) in [6, 6.07) is 5.23. The fourth-order valence-corrected chi connectivity index (χ4v) is 5.75. The van der Waals surface area contributed by atoms with Crippen molar-refractivity contribution < 1.29 is 33.4 Å². The Hall–Kier alpha value is -4.29. The SMILES string of the molecule is CCc1nccn1CCC(=O)N1CCCOc2cc(ccc2OC)[C@H]2CN(C(=O)CN3CCOC3=O)C[C@@H]2NC(=O)C1. The molecule has 1 N–H and O–H groups in total. The topological polar surface area (TPSA) is 136 Å². The molecule has 3 aliphatic heterocycles. The zero-order chi connectivity index (χ0) is 29.6. The number of nitrogens with one attached hydrogen (secondary N) is 1. The number of carbonyl (C=O) groups is 4.